The van der Waals surface area contributed by atoms with Crippen LogP contribution in [0.4, 0.5) is 0 Å². The van der Waals surface area contributed by atoms with Crippen molar-refractivity contribution in [2.45, 2.75) is 64.0 Å². The third-order valence-electron chi connectivity index (χ3n) is 3.23. The molecule has 2 rings (SSSR count). The first kappa shape index (κ1) is 11.2. The zero-order chi connectivity index (χ0) is 10.9. The largest absolute Gasteiger partial charge is 0.356 e. The van der Waals surface area contributed by atoms with Crippen LogP contribution in [0.3, 0.4) is 0 Å². The van der Waals surface area contributed by atoms with E-state index in [0.717, 1.165) is 5.92 Å². The molecule has 0 aromatic heterocycles. The molecule has 0 radical (unpaired) electrons. The van der Waals surface area contributed by atoms with Crippen LogP contribution in [0.5, 0.6) is 0 Å². The van der Waals surface area contributed by atoms with Gasteiger partial charge in [-0.2, -0.15) is 0 Å². The molecule has 1 saturated carbocycles. The van der Waals surface area contributed by atoms with Gasteiger partial charge in [0.05, 0.1) is 6.10 Å². The molecule has 0 aromatic rings. The van der Waals surface area contributed by atoms with Gasteiger partial charge in [-0.3, -0.25) is 0 Å². The molecule has 1 aliphatic carbocycles. The van der Waals surface area contributed by atoms with E-state index in [9.17, 15) is 0 Å². The second-order valence-electron chi connectivity index (χ2n) is 5.94. The standard InChI is InChI=1S/C13H22OSi/c1-15(2,3)10-9-12-13(14-12)11-7-5-4-6-8-11/h11-13H,4-8H2,1-3H3/t12-,13-/m1/s1. The van der Waals surface area contributed by atoms with Gasteiger partial charge in [-0.25, -0.2) is 0 Å². The van der Waals surface area contributed by atoms with Crippen molar-refractivity contribution in [2.75, 3.05) is 0 Å². The SMILES string of the molecule is C[Si](C)(C)C#C[C@H]1O[C@@H]1C1CCCCC1. The highest BCUT2D eigenvalue weighted by Crippen LogP contribution is 2.38. The maximum absolute atomic E-state index is 5.70. The van der Waals surface area contributed by atoms with Crippen LogP contribution in [0.2, 0.25) is 19.6 Å². The predicted octanol–water partition coefficient (Wildman–Crippen LogP) is 3.21. The van der Waals surface area contributed by atoms with Gasteiger partial charge in [0.1, 0.15) is 14.2 Å². The highest BCUT2D eigenvalue weighted by Gasteiger charge is 2.43. The molecule has 1 nitrogen and oxygen atoms in total. The Kier molecular flexibility index (Phi) is 3.23. The summed E-state index contributed by atoms with van der Waals surface area (Å²) in [5.74, 6) is 4.15. The molecule has 0 bridgehead atoms. The fourth-order valence-corrected chi connectivity index (χ4v) is 2.92. The molecule has 1 heterocycles. The number of hydrogen-bond donors (Lipinski definition) is 0. The Morgan fingerprint density at radius 1 is 1.07 bits per heavy atom. The molecule has 0 spiro atoms. The zero-order valence-corrected chi connectivity index (χ0v) is 11.2. The van der Waals surface area contributed by atoms with Gasteiger partial charge >= 0.3 is 0 Å². The molecule has 0 amide bonds. The average molecular weight is 222 g/mol. The van der Waals surface area contributed by atoms with Gasteiger partial charge in [-0.1, -0.05) is 44.8 Å². The Balaban J connectivity index is 1.82. The molecule has 84 valence electrons. The third kappa shape index (κ3) is 3.36. The Labute approximate surface area is 94.6 Å². The van der Waals surface area contributed by atoms with Gasteiger partial charge < -0.3 is 4.74 Å². The summed E-state index contributed by atoms with van der Waals surface area (Å²) in [6.45, 7) is 6.87. The summed E-state index contributed by atoms with van der Waals surface area (Å²) in [4.78, 5) is 0. The van der Waals surface area contributed by atoms with E-state index in [1.54, 1.807) is 0 Å². The van der Waals surface area contributed by atoms with Gasteiger partial charge in [-0.15, -0.1) is 5.54 Å². The number of hydrogen-bond acceptors (Lipinski definition) is 1. The van der Waals surface area contributed by atoms with Crippen LogP contribution in [0.25, 0.3) is 0 Å². The first-order valence-corrected chi connectivity index (χ1v) is 9.74. The van der Waals surface area contributed by atoms with E-state index in [-0.39, 0.29) is 0 Å². The van der Waals surface area contributed by atoms with Crippen molar-refractivity contribution in [2.24, 2.45) is 5.92 Å². The van der Waals surface area contributed by atoms with E-state index < -0.39 is 8.07 Å². The molecule has 0 aromatic carbocycles. The van der Waals surface area contributed by atoms with Crippen molar-refractivity contribution in [3.05, 3.63) is 0 Å². The van der Waals surface area contributed by atoms with Crippen LogP contribution >= 0.6 is 0 Å². The molecule has 1 saturated heterocycles. The quantitative estimate of drug-likeness (QED) is 0.377. The molecular weight excluding hydrogens is 200 g/mol. The summed E-state index contributed by atoms with van der Waals surface area (Å²) >= 11 is 0. The first-order valence-electron chi connectivity index (χ1n) is 6.24. The molecule has 0 unspecified atom stereocenters. The van der Waals surface area contributed by atoms with Gasteiger partial charge in [0.15, 0.2) is 0 Å². The maximum Gasteiger partial charge on any atom is 0.144 e. The summed E-state index contributed by atoms with van der Waals surface area (Å²) in [5, 5.41) is 0. The number of epoxide rings is 1. The second-order valence-corrected chi connectivity index (χ2v) is 10.7. The molecular formula is C13H22OSi. The van der Waals surface area contributed by atoms with Crippen molar-refractivity contribution in [1.82, 2.24) is 0 Å². The van der Waals surface area contributed by atoms with Crippen LogP contribution in [0.15, 0.2) is 0 Å². The van der Waals surface area contributed by atoms with Crippen LogP contribution < -0.4 is 0 Å². The van der Waals surface area contributed by atoms with Crippen molar-refractivity contribution in [3.63, 3.8) is 0 Å². The highest BCUT2D eigenvalue weighted by atomic mass is 28.3. The van der Waals surface area contributed by atoms with Crippen molar-refractivity contribution in [1.29, 1.82) is 0 Å². The van der Waals surface area contributed by atoms with Crippen LogP contribution in [0.1, 0.15) is 32.1 Å². The lowest BCUT2D eigenvalue weighted by Crippen LogP contribution is -2.17. The van der Waals surface area contributed by atoms with E-state index in [2.05, 4.69) is 31.1 Å². The Bertz CT molecular complexity index is 275. The molecule has 15 heavy (non-hydrogen) atoms. The Morgan fingerprint density at radius 3 is 2.33 bits per heavy atom. The normalized spacial score (nSPS) is 31.9. The average Bonchev–Trinajstić information content (AvgIpc) is 2.94. The van der Waals surface area contributed by atoms with E-state index in [1.807, 2.05) is 0 Å². The lowest BCUT2D eigenvalue weighted by molar-refractivity contribution is 0.265. The van der Waals surface area contributed by atoms with Gasteiger partial charge in [0, 0.05) is 0 Å². The molecule has 2 heteroatoms. The summed E-state index contributed by atoms with van der Waals surface area (Å²) in [6.07, 6.45) is 7.76. The minimum Gasteiger partial charge on any atom is -0.356 e. The van der Waals surface area contributed by atoms with Crippen molar-refractivity contribution >= 4 is 8.07 Å². The first-order chi connectivity index (χ1) is 7.06. The minimum absolute atomic E-state index is 0.292. The topological polar surface area (TPSA) is 12.5 Å². The second kappa shape index (κ2) is 4.31. The van der Waals surface area contributed by atoms with Gasteiger partial charge in [-0.05, 0) is 18.8 Å². The molecule has 1 aliphatic heterocycles. The molecule has 2 fully saturated rings. The lowest BCUT2D eigenvalue weighted by Gasteiger charge is -2.18. The zero-order valence-electron chi connectivity index (χ0n) is 10.2. The predicted molar refractivity (Wildman–Crippen MR) is 66.4 cm³/mol. The number of rotatable bonds is 1. The maximum atomic E-state index is 5.70. The smallest absolute Gasteiger partial charge is 0.144 e. The molecule has 2 aliphatic rings. The van der Waals surface area contributed by atoms with Crippen molar-refractivity contribution in [3.8, 4) is 11.5 Å². The van der Waals surface area contributed by atoms with Crippen LogP contribution in [-0.4, -0.2) is 20.3 Å². The molecule has 0 N–H and O–H groups in total. The fraction of sp³-hybridized carbons (Fsp3) is 0.846. The summed E-state index contributed by atoms with van der Waals surface area (Å²) < 4.78 is 5.70. The fourth-order valence-electron chi connectivity index (χ4n) is 2.35. The summed E-state index contributed by atoms with van der Waals surface area (Å²) in [5.41, 5.74) is 3.42. The van der Waals surface area contributed by atoms with E-state index in [4.69, 9.17) is 4.74 Å². The van der Waals surface area contributed by atoms with E-state index in [1.165, 1.54) is 32.1 Å². The van der Waals surface area contributed by atoms with Crippen molar-refractivity contribution < 1.29 is 4.74 Å². The third-order valence-corrected chi connectivity index (χ3v) is 4.12. The Morgan fingerprint density at radius 2 is 1.73 bits per heavy atom. The molecule has 2 atom stereocenters. The summed E-state index contributed by atoms with van der Waals surface area (Å²) in [7, 11) is -1.20. The van der Waals surface area contributed by atoms with E-state index >= 15 is 0 Å². The van der Waals surface area contributed by atoms with Gasteiger partial charge in [0.2, 0.25) is 0 Å². The van der Waals surface area contributed by atoms with Crippen LogP contribution in [0, 0.1) is 17.4 Å². The highest BCUT2D eigenvalue weighted by molar-refractivity contribution is 6.83. The van der Waals surface area contributed by atoms with Crippen LogP contribution in [-0.2, 0) is 4.74 Å². The minimum atomic E-state index is -1.20. The van der Waals surface area contributed by atoms with Gasteiger partial charge in [0.25, 0.3) is 0 Å². The van der Waals surface area contributed by atoms with E-state index in [0.29, 0.717) is 12.2 Å². The monoisotopic (exact) mass is 222 g/mol. The lowest BCUT2D eigenvalue weighted by atomic mass is 9.86. The Hall–Kier alpha value is -0.263. The summed E-state index contributed by atoms with van der Waals surface area (Å²) in [6, 6.07) is 0. The number of ether oxygens (including phenoxy) is 1.